The van der Waals surface area contributed by atoms with Crippen LogP contribution in [0, 0.1) is 0 Å². The van der Waals surface area contributed by atoms with Crippen LogP contribution >= 0.6 is 23.2 Å². The van der Waals surface area contributed by atoms with Gasteiger partial charge in [0.05, 0.1) is 5.02 Å². The lowest BCUT2D eigenvalue weighted by Crippen LogP contribution is -2.22. The van der Waals surface area contributed by atoms with E-state index < -0.39 is 0 Å². The van der Waals surface area contributed by atoms with Crippen molar-refractivity contribution in [3.8, 4) is 5.75 Å². The summed E-state index contributed by atoms with van der Waals surface area (Å²) in [6.07, 6.45) is 2.58. The molecular weight excluding hydrogens is 233 g/mol. The Morgan fingerprint density at radius 2 is 2.13 bits per heavy atom. The Kier molecular flexibility index (Phi) is 3.73. The molecule has 1 aromatic carbocycles. The zero-order valence-corrected chi connectivity index (χ0v) is 9.81. The van der Waals surface area contributed by atoms with Crippen LogP contribution in [-0.2, 0) is 0 Å². The first-order valence-electron chi connectivity index (χ1n) is 5.07. The highest BCUT2D eigenvalue weighted by Gasteiger charge is 2.19. The first kappa shape index (κ1) is 11.1. The van der Waals surface area contributed by atoms with Gasteiger partial charge in [-0.25, -0.2) is 0 Å². The van der Waals surface area contributed by atoms with Crippen LogP contribution < -0.4 is 10.1 Å². The molecule has 1 saturated carbocycles. The molecule has 0 amide bonds. The van der Waals surface area contributed by atoms with Crippen molar-refractivity contribution in [1.29, 1.82) is 0 Å². The van der Waals surface area contributed by atoms with Gasteiger partial charge >= 0.3 is 0 Å². The van der Waals surface area contributed by atoms with Crippen molar-refractivity contribution in [2.45, 2.75) is 18.9 Å². The van der Waals surface area contributed by atoms with Crippen molar-refractivity contribution in [3.05, 3.63) is 28.2 Å². The van der Waals surface area contributed by atoms with Crippen molar-refractivity contribution < 1.29 is 4.74 Å². The normalized spacial score (nSPS) is 15.3. The fraction of sp³-hybridized carbons (Fsp3) is 0.455. The van der Waals surface area contributed by atoms with Crippen LogP contribution in [0.3, 0.4) is 0 Å². The lowest BCUT2D eigenvalue weighted by molar-refractivity contribution is 0.313. The molecule has 0 aromatic heterocycles. The average Bonchev–Trinajstić information content (AvgIpc) is 3.01. The van der Waals surface area contributed by atoms with Crippen LogP contribution in [0.15, 0.2) is 18.2 Å². The molecule has 2 rings (SSSR count). The van der Waals surface area contributed by atoms with E-state index in [0.717, 1.165) is 6.54 Å². The predicted molar refractivity (Wildman–Crippen MR) is 63.0 cm³/mol. The minimum Gasteiger partial charge on any atom is -0.491 e. The van der Waals surface area contributed by atoms with Gasteiger partial charge in [-0.3, -0.25) is 0 Å². The predicted octanol–water partition coefficient (Wildman–Crippen LogP) is 3.12. The van der Waals surface area contributed by atoms with E-state index in [4.69, 9.17) is 27.9 Å². The molecule has 2 nitrogen and oxygen atoms in total. The van der Waals surface area contributed by atoms with Crippen molar-refractivity contribution in [2.75, 3.05) is 13.2 Å². The third-order valence-electron chi connectivity index (χ3n) is 2.26. The molecule has 15 heavy (non-hydrogen) atoms. The highest BCUT2D eigenvalue weighted by molar-refractivity contribution is 6.34. The molecule has 0 aliphatic heterocycles. The summed E-state index contributed by atoms with van der Waals surface area (Å²) >= 11 is 11.8. The minimum absolute atomic E-state index is 0.603. The summed E-state index contributed by atoms with van der Waals surface area (Å²) in [6.45, 7) is 1.48. The van der Waals surface area contributed by atoms with Gasteiger partial charge in [-0.05, 0) is 25.0 Å². The van der Waals surface area contributed by atoms with Gasteiger partial charge in [0.2, 0.25) is 0 Å². The molecule has 1 N–H and O–H groups in total. The second-order valence-electron chi connectivity index (χ2n) is 3.65. The third kappa shape index (κ3) is 3.56. The van der Waals surface area contributed by atoms with Crippen LogP contribution in [0.2, 0.25) is 10.0 Å². The van der Waals surface area contributed by atoms with E-state index >= 15 is 0 Å². The molecule has 0 atom stereocenters. The molecule has 1 aliphatic carbocycles. The number of nitrogens with one attached hydrogen (secondary N) is 1. The molecule has 0 heterocycles. The summed E-state index contributed by atoms with van der Waals surface area (Å²) in [5.41, 5.74) is 0. The molecular formula is C11H13Cl2NO. The summed E-state index contributed by atoms with van der Waals surface area (Å²) in [5.74, 6) is 0.654. The van der Waals surface area contributed by atoms with Crippen LogP contribution in [0.5, 0.6) is 5.75 Å². The zero-order valence-electron chi connectivity index (χ0n) is 8.30. The Morgan fingerprint density at radius 1 is 1.33 bits per heavy atom. The van der Waals surface area contributed by atoms with Gasteiger partial charge in [0.15, 0.2) is 0 Å². The van der Waals surface area contributed by atoms with Gasteiger partial charge in [0, 0.05) is 23.7 Å². The van der Waals surface area contributed by atoms with Gasteiger partial charge in [-0.15, -0.1) is 0 Å². The van der Waals surface area contributed by atoms with Crippen LogP contribution in [0.25, 0.3) is 0 Å². The topological polar surface area (TPSA) is 21.3 Å². The van der Waals surface area contributed by atoms with Gasteiger partial charge < -0.3 is 10.1 Å². The van der Waals surface area contributed by atoms with E-state index in [1.54, 1.807) is 18.2 Å². The molecule has 4 heteroatoms. The minimum atomic E-state index is 0.603. The zero-order chi connectivity index (χ0) is 10.7. The van der Waals surface area contributed by atoms with Gasteiger partial charge in [0.25, 0.3) is 0 Å². The number of halogens is 2. The summed E-state index contributed by atoms with van der Waals surface area (Å²) in [7, 11) is 0. The van der Waals surface area contributed by atoms with Crippen molar-refractivity contribution in [3.63, 3.8) is 0 Å². The fourth-order valence-corrected chi connectivity index (χ4v) is 1.63. The second-order valence-corrected chi connectivity index (χ2v) is 4.50. The molecule has 0 unspecified atom stereocenters. The van der Waals surface area contributed by atoms with E-state index in [0.29, 0.717) is 28.4 Å². The second kappa shape index (κ2) is 5.06. The fourth-order valence-electron chi connectivity index (χ4n) is 1.30. The first-order chi connectivity index (χ1) is 7.25. The summed E-state index contributed by atoms with van der Waals surface area (Å²) in [6, 6.07) is 5.94. The lowest BCUT2D eigenvalue weighted by atomic mass is 10.3. The maximum atomic E-state index is 5.95. The highest BCUT2D eigenvalue weighted by Crippen LogP contribution is 2.27. The monoisotopic (exact) mass is 245 g/mol. The Hall–Kier alpha value is -0.440. The Labute approximate surface area is 99.5 Å². The molecule has 1 fully saturated rings. The quantitative estimate of drug-likeness (QED) is 0.806. The Balaban J connectivity index is 1.78. The van der Waals surface area contributed by atoms with Crippen molar-refractivity contribution in [1.82, 2.24) is 5.32 Å². The van der Waals surface area contributed by atoms with E-state index in [1.165, 1.54) is 12.8 Å². The van der Waals surface area contributed by atoms with Crippen LogP contribution in [0.4, 0.5) is 0 Å². The third-order valence-corrected chi connectivity index (χ3v) is 2.81. The molecule has 82 valence electrons. The highest BCUT2D eigenvalue weighted by atomic mass is 35.5. The van der Waals surface area contributed by atoms with Crippen LogP contribution in [0.1, 0.15) is 12.8 Å². The first-order valence-corrected chi connectivity index (χ1v) is 5.82. The van der Waals surface area contributed by atoms with E-state index in [-0.39, 0.29) is 0 Å². The number of benzene rings is 1. The summed E-state index contributed by atoms with van der Waals surface area (Å²) in [4.78, 5) is 0. The molecule has 0 radical (unpaired) electrons. The van der Waals surface area contributed by atoms with E-state index in [9.17, 15) is 0 Å². The number of hydrogen-bond acceptors (Lipinski definition) is 2. The number of ether oxygens (including phenoxy) is 1. The standard InChI is InChI=1S/C11H13Cl2NO/c12-8-1-4-10(13)11(7-8)15-6-5-14-9-2-3-9/h1,4,7,9,14H,2-3,5-6H2. The molecule has 0 bridgehead atoms. The van der Waals surface area contributed by atoms with E-state index in [1.807, 2.05) is 0 Å². The Morgan fingerprint density at radius 3 is 2.87 bits per heavy atom. The van der Waals surface area contributed by atoms with Gasteiger partial charge in [-0.2, -0.15) is 0 Å². The van der Waals surface area contributed by atoms with Gasteiger partial charge in [0.1, 0.15) is 12.4 Å². The van der Waals surface area contributed by atoms with Crippen molar-refractivity contribution in [2.24, 2.45) is 0 Å². The lowest BCUT2D eigenvalue weighted by Gasteiger charge is -2.08. The summed E-state index contributed by atoms with van der Waals surface area (Å²) < 4.78 is 5.52. The van der Waals surface area contributed by atoms with E-state index in [2.05, 4.69) is 5.32 Å². The largest absolute Gasteiger partial charge is 0.491 e. The maximum absolute atomic E-state index is 5.95. The molecule has 0 saturated heterocycles. The van der Waals surface area contributed by atoms with Crippen LogP contribution in [-0.4, -0.2) is 19.2 Å². The van der Waals surface area contributed by atoms with Crippen molar-refractivity contribution >= 4 is 23.2 Å². The average molecular weight is 246 g/mol. The smallest absolute Gasteiger partial charge is 0.139 e. The number of hydrogen-bond donors (Lipinski definition) is 1. The van der Waals surface area contributed by atoms with Gasteiger partial charge in [-0.1, -0.05) is 23.2 Å². The molecule has 1 aromatic rings. The molecule has 0 spiro atoms. The maximum Gasteiger partial charge on any atom is 0.139 e. The SMILES string of the molecule is Clc1ccc(Cl)c(OCCNC2CC2)c1. The Bertz CT molecular complexity index is 339. The molecule has 1 aliphatic rings. The number of rotatable bonds is 5. The summed E-state index contributed by atoms with van der Waals surface area (Å²) in [5, 5.41) is 4.61.